The fourth-order valence-corrected chi connectivity index (χ4v) is 0.960. The number of nitrogens with zero attached hydrogens (tertiary/aromatic N) is 1. The molecule has 0 rings (SSSR count). The van der Waals surface area contributed by atoms with Crippen molar-refractivity contribution in [2.24, 2.45) is 0 Å². The lowest BCUT2D eigenvalue weighted by Crippen LogP contribution is -2.31. The van der Waals surface area contributed by atoms with Gasteiger partial charge in [-0.05, 0) is 12.8 Å². The second kappa shape index (κ2) is 8.05. The van der Waals surface area contributed by atoms with Crippen LogP contribution in [-0.4, -0.2) is 23.5 Å². The monoisotopic (exact) mass is 198 g/mol. The van der Waals surface area contributed by atoms with E-state index in [0.717, 1.165) is 25.7 Å². The Balaban J connectivity index is 3.18. The molecule has 78 valence electrons. The van der Waals surface area contributed by atoms with Gasteiger partial charge in [-0.25, -0.2) is 4.79 Å². The lowest BCUT2D eigenvalue weighted by molar-refractivity contribution is -0.150. The lowest BCUT2D eigenvalue weighted by Gasteiger charge is -2.00. The molecule has 0 aromatic carbocycles. The molecule has 0 saturated carbocycles. The molecule has 0 aromatic heterocycles. The molecule has 0 aromatic rings. The fraction of sp³-hybridized carbons (Fsp3) is 0.667. The van der Waals surface area contributed by atoms with Crippen LogP contribution in [0.3, 0.4) is 0 Å². The predicted octanol–water partition coefficient (Wildman–Crippen LogP) is 0.661. The predicted molar refractivity (Wildman–Crippen MR) is 49.3 cm³/mol. The minimum Gasteiger partial charge on any atom is -0.474 e. The third-order valence-electron chi connectivity index (χ3n) is 1.70. The number of hydrogen-bond acceptors (Lipinski definition) is 3. The van der Waals surface area contributed by atoms with Gasteiger partial charge in [-0.15, -0.1) is 0 Å². The molecule has 0 heterocycles. The fourth-order valence-electron chi connectivity index (χ4n) is 0.960. The summed E-state index contributed by atoms with van der Waals surface area (Å²) in [5.41, 5.74) is 0. The van der Waals surface area contributed by atoms with E-state index in [1.807, 2.05) is 6.07 Å². The van der Waals surface area contributed by atoms with Gasteiger partial charge < -0.3 is 10.4 Å². The third kappa shape index (κ3) is 7.10. The van der Waals surface area contributed by atoms with Gasteiger partial charge in [0.2, 0.25) is 0 Å². The minimum absolute atomic E-state index is 0.387. The highest BCUT2D eigenvalue weighted by Gasteiger charge is 2.08. The van der Waals surface area contributed by atoms with Gasteiger partial charge in [0.25, 0.3) is 0 Å². The Labute approximate surface area is 82.7 Å². The van der Waals surface area contributed by atoms with Gasteiger partial charge in [0.1, 0.15) is 0 Å². The molecule has 0 saturated heterocycles. The topological polar surface area (TPSA) is 90.2 Å². The van der Waals surface area contributed by atoms with Crippen molar-refractivity contribution < 1.29 is 14.7 Å². The first-order valence-electron chi connectivity index (χ1n) is 4.56. The molecule has 0 spiro atoms. The zero-order valence-electron chi connectivity index (χ0n) is 7.95. The van der Waals surface area contributed by atoms with E-state index in [-0.39, 0.29) is 0 Å². The Bertz CT molecular complexity index is 233. The average molecular weight is 198 g/mol. The first kappa shape index (κ1) is 12.4. The Morgan fingerprint density at radius 2 is 1.86 bits per heavy atom. The average Bonchev–Trinajstić information content (AvgIpc) is 2.16. The molecule has 0 aliphatic carbocycles. The summed E-state index contributed by atoms with van der Waals surface area (Å²) in [6.07, 6.45) is 4.02. The van der Waals surface area contributed by atoms with E-state index in [1.54, 1.807) is 0 Å². The molecule has 14 heavy (non-hydrogen) atoms. The molecule has 0 aliphatic rings. The number of nitriles is 1. The zero-order valence-corrected chi connectivity index (χ0v) is 7.95. The number of rotatable bonds is 6. The third-order valence-corrected chi connectivity index (χ3v) is 1.70. The first-order valence-corrected chi connectivity index (χ1v) is 4.56. The first-order chi connectivity index (χ1) is 6.68. The van der Waals surface area contributed by atoms with Gasteiger partial charge in [-0.1, -0.05) is 12.8 Å². The van der Waals surface area contributed by atoms with Crippen LogP contribution in [0.15, 0.2) is 0 Å². The van der Waals surface area contributed by atoms with Crippen molar-refractivity contribution in [2.75, 3.05) is 6.54 Å². The second-order valence-electron chi connectivity index (χ2n) is 2.88. The highest BCUT2D eigenvalue weighted by Crippen LogP contribution is 2.00. The number of carboxylic acids is 1. The molecule has 0 aliphatic heterocycles. The van der Waals surface area contributed by atoms with Crippen LogP contribution >= 0.6 is 0 Å². The van der Waals surface area contributed by atoms with Gasteiger partial charge in [-0.2, -0.15) is 5.26 Å². The van der Waals surface area contributed by atoms with Crippen LogP contribution in [0.5, 0.6) is 0 Å². The molecule has 0 unspecified atom stereocenters. The van der Waals surface area contributed by atoms with Crippen LogP contribution < -0.4 is 5.32 Å². The van der Waals surface area contributed by atoms with Crippen LogP contribution in [0.25, 0.3) is 0 Å². The quantitative estimate of drug-likeness (QED) is 0.484. The number of unbranched alkanes of at least 4 members (excludes halogenated alkanes) is 4. The summed E-state index contributed by atoms with van der Waals surface area (Å²) in [5, 5.41) is 18.7. The van der Waals surface area contributed by atoms with Gasteiger partial charge in [0.05, 0.1) is 6.07 Å². The summed E-state index contributed by atoms with van der Waals surface area (Å²) >= 11 is 0. The van der Waals surface area contributed by atoms with Gasteiger partial charge >= 0.3 is 11.9 Å². The van der Waals surface area contributed by atoms with Crippen molar-refractivity contribution in [3.63, 3.8) is 0 Å². The summed E-state index contributed by atoms with van der Waals surface area (Å²) in [6.45, 7) is 0.387. The number of hydrogen-bond donors (Lipinski definition) is 2. The summed E-state index contributed by atoms with van der Waals surface area (Å²) < 4.78 is 0. The maximum Gasteiger partial charge on any atom is 0.394 e. The number of carbonyl (C=O) groups is 2. The van der Waals surface area contributed by atoms with Crippen molar-refractivity contribution in [3.05, 3.63) is 0 Å². The van der Waals surface area contributed by atoms with Crippen LogP contribution in [0.2, 0.25) is 0 Å². The standard InChI is InChI=1S/C9H14N2O3/c10-6-4-2-1-3-5-7-11-8(12)9(13)14/h1-5,7H2,(H,11,12)(H,13,14). The van der Waals surface area contributed by atoms with Crippen LogP contribution in [0.1, 0.15) is 32.1 Å². The summed E-state index contributed by atoms with van der Waals surface area (Å²) in [4.78, 5) is 20.6. The Hall–Kier alpha value is -1.57. The molecular formula is C9H14N2O3. The van der Waals surface area contributed by atoms with Crippen molar-refractivity contribution in [2.45, 2.75) is 32.1 Å². The molecule has 0 atom stereocenters. The normalized spacial score (nSPS) is 9.07. The van der Waals surface area contributed by atoms with E-state index in [1.165, 1.54) is 0 Å². The minimum atomic E-state index is -1.45. The van der Waals surface area contributed by atoms with E-state index in [2.05, 4.69) is 5.32 Å². The number of nitrogens with one attached hydrogen (secondary N) is 1. The second-order valence-corrected chi connectivity index (χ2v) is 2.88. The largest absolute Gasteiger partial charge is 0.474 e. The maximum absolute atomic E-state index is 10.5. The molecule has 0 radical (unpaired) electrons. The SMILES string of the molecule is N#CCCCCCCNC(=O)C(=O)O. The molecule has 0 fully saturated rings. The Morgan fingerprint density at radius 3 is 2.43 bits per heavy atom. The van der Waals surface area contributed by atoms with Gasteiger partial charge in [-0.3, -0.25) is 4.79 Å². The Kier molecular flexibility index (Phi) is 7.15. The van der Waals surface area contributed by atoms with Crippen molar-refractivity contribution in [3.8, 4) is 6.07 Å². The summed E-state index contributed by atoms with van der Waals surface area (Å²) in [7, 11) is 0. The molecule has 5 heteroatoms. The smallest absolute Gasteiger partial charge is 0.394 e. The molecule has 1 amide bonds. The van der Waals surface area contributed by atoms with Crippen molar-refractivity contribution in [1.29, 1.82) is 5.26 Å². The highest BCUT2D eigenvalue weighted by molar-refractivity contribution is 6.31. The Morgan fingerprint density at radius 1 is 1.21 bits per heavy atom. The number of amides is 1. The van der Waals surface area contributed by atoms with E-state index in [4.69, 9.17) is 10.4 Å². The van der Waals surface area contributed by atoms with Gasteiger partial charge in [0, 0.05) is 13.0 Å². The lowest BCUT2D eigenvalue weighted by atomic mass is 10.1. The van der Waals surface area contributed by atoms with E-state index in [9.17, 15) is 9.59 Å². The zero-order chi connectivity index (χ0) is 10.8. The van der Waals surface area contributed by atoms with Crippen molar-refractivity contribution in [1.82, 2.24) is 5.32 Å². The van der Waals surface area contributed by atoms with Crippen molar-refractivity contribution >= 4 is 11.9 Å². The number of carboxylic acid groups (broad SMARTS) is 1. The van der Waals surface area contributed by atoms with Gasteiger partial charge in [0.15, 0.2) is 0 Å². The summed E-state index contributed by atoms with van der Waals surface area (Å²) in [6, 6.07) is 2.04. The molecular weight excluding hydrogens is 184 g/mol. The maximum atomic E-state index is 10.5. The highest BCUT2D eigenvalue weighted by atomic mass is 16.4. The van der Waals surface area contributed by atoms with Crippen LogP contribution in [-0.2, 0) is 9.59 Å². The molecule has 2 N–H and O–H groups in total. The van der Waals surface area contributed by atoms with E-state index in [0.29, 0.717) is 13.0 Å². The molecule has 0 bridgehead atoms. The van der Waals surface area contributed by atoms with Crippen LogP contribution in [0.4, 0.5) is 0 Å². The number of carbonyl (C=O) groups excluding carboxylic acids is 1. The van der Waals surface area contributed by atoms with E-state index < -0.39 is 11.9 Å². The van der Waals surface area contributed by atoms with E-state index >= 15 is 0 Å². The number of aliphatic carboxylic acids is 1. The van der Waals surface area contributed by atoms with Crippen LogP contribution in [0, 0.1) is 11.3 Å². The summed E-state index contributed by atoms with van der Waals surface area (Å²) in [5.74, 6) is -2.41. The molecule has 5 nitrogen and oxygen atoms in total.